The summed E-state index contributed by atoms with van der Waals surface area (Å²) in [5.41, 5.74) is 2.59. The highest BCUT2D eigenvalue weighted by Gasteiger charge is 2.18. The van der Waals surface area contributed by atoms with Crippen LogP contribution in [-0.2, 0) is 0 Å². The Morgan fingerprint density at radius 3 is 2.46 bits per heavy atom. The molecule has 4 heteroatoms. The monoisotopic (exact) mass is 386 g/mol. The molecule has 1 aromatic heterocycles. The van der Waals surface area contributed by atoms with Crippen molar-refractivity contribution in [3.8, 4) is 0 Å². The van der Waals surface area contributed by atoms with Gasteiger partial charge in [-0.15, -0.1) is 0 Å². The van der Waals surface area contributed by atoms with E-state index in [4.69, 9.17) is 11.6 Å². The number of benzene rings is 3. The first-order valence-corrected chi connectivity index (χ1v) is 9.51. The van der Waals surface area contributed by atoms with Crippen molar-refractivity contribution in [1.82, 2.24) is 4.98 Å². The van der Waals surface area contributed by atoms with Crippen LogP contribution in [0.4, 0.5) is 5.69 Å². The van der Waals surface area contributed by atoms with Gasteiger partial charge in [-0.25, -0.2) is 0 Å². The van der Waals surface area contributed by atoms with Crippen molar-refractivity contribution in [1.29, 1.82) is 0 Å². The lowest BCUT2D eigenvalue weighted by molar-refractivity contribution is 0.0976. The number of fused-ring (bicyclic) bond motifs is 1. The Kier molecular flexibility index (Phi) is 5.36. The van der Waals surface area contributed by atoms with Crippen LogP contribution < -0.4 is 5.32 Å². The van der Waals surface area contributed by atoms with Crippen LogP contribution in [-0.4, -0.2) is 10.8 Å². The Labute approximate surface area is 169 Å². The smallest absolute Gasteiger partial charge is 0.165 e. The Morgan fingerprint density at radius 2 is 1.71 bits per heavy atom. The largest absolute Gasteiger partial charge is 0.378 e. The molecule has 138 valence electrons. The van der Waals surface area contributed by atoms with E-state index in [1.807, 2.05) is 30.3 Å². The number of rotatable bonds is 6. The third-order valence-corrected chi connectivity index (χ3v) is 4.98. The summed E-state index contributed by atoms with van der Waals surface area (Å²) in [6, 6.07) is 25.1. The zero-order valence-corrected chi connectivity index (χ0v) is 15.9. The van der Waals surface area contributed by atoms with Crippen LogP contribution in [0.5, 0.6) is 0 Å². The lowest BCUT2D eigenvalue weighted by atomic mass is 9.98. The fraction of sp³-hybridized carbons (Fsp3) is 0.0833. The van der Waals surface area contributed by atoms with Crippen molar-refractivity contribution < 1.29 is 4.79 Å². The van der Waals surface area contributed by atoms with Gasteiger partial charge in [0, 0.05) is 35.1 Å². The van der Waals surface area contributed by atoms with Crippen molar-refractivity contribution in [2.24, 2.45) is 0 Å². The molecule has 0 amide bonds. The molecule has 0 bridgehead atoms. The highest BCUT2D eigenvalue weighted by atomic mass is 35.5. The minimum absolute atomic E-state index is 0.0545. The number of nitrogens with zero attached hydrogens (tertiary/aromatic N) is 1. The SMILES string of the molecule is O=C(CC(Nc1ccc2ccccc2c1)c1cccnc1)c1ccc(Cl)cc1. The van der Waals surface area contributed by atoms with E-state index in [2.05, 4.69) is 34.6 Å². The molecule has 0 saturated heterocycles. The number of aromatic nitrogens is 1. The molecule has 1 heterocycles. The molecular formula is C24H19ClN2O. The van der Waals surface area contributed by atoms with E-state index in [0.29, 0.717) is 17.0 Å². The summed E-state index contributed by atoms with van der Waals surface area (Å²) in [4.78, 5) is 17.1. The van der Waals surface area contributed by atoms with Crippen LogP contribution in [0.2, 0.25) is 5.02 Å². The lowest BCUT2D eigenvalue weighted by Crippen LogP contribution is -2.16. The quantitative estimate of drug-likeness (QED) is 0.394. The van der Waals surface area contributed by atoms with Gasteiger partial charge in [0.05, 0.1) is 6.04 Å². The highest BCUT2D eigenvalue weighted by Crippen LogP contribution is 2.26. The number of Topliss-reactive ketones (excluding diaryl/α,β-unsaturated/α-hetero) is 1. The Bertz CT molecular complexity index is 1090. The van der Waals surface area contributed by atoms with Crippen molar-refractivity contribution in [2.75, 3.05) is 5.32 Å². The second-order valence-corrected chi connectivity index (χ2v) is 7.12. The molecule has 0 aliphatic rings. The maximum absolute atomic E-state index is 12.8. The van der Waals surface area contributed by atoms with Crippen molar-refractivity contribution >= 4 is 33.8 Å². The number of hydrogen-bond donors (Lipinski definition) is 1. The van der Waals surface area contributed by atoms with Gasteiger partial charge >= 0.3 is 0 Å². The van der Waals surface area contributed by atoms with Gasteiger partial charge in [-0.2, -0.15) is 0 Å². The third kappa shape index (κ3) is 4.21. The zero-order chi connectivity index (χ0) is 19.3. The van der Waals surface area contributed by atoms with E-state index >= 15 is 0 Å². The highest BCUT2D eigenvalue weighted by molar-refractivity contribution is 6.30. The molecule has 28 heavy (non-hydrogen) atoms. The van der Waals surface area contributed by atoms with E-state index in [0.717, 1.165) is 16.6 Å². The number of pyridine rings is 1. The van der Waals surface area contributed by atoms with Crippen LogP contribution >= 0.6 is 11.6 Å². The van der Waals surface area contributed by atoms with E-state index in [9.17, 15) is 4.79 Å². The topological polar surface area (TPSA) is 42.0 Å². The van der Waals surface area contributed by atoms with E-state index in [1.54, 1.807) is 36.7 Å². The predicted molar refractivity (Wildman–Crippen MR) is 115 cm³/mol. The van der Waals surface area contributed by atoms with Gasteiger partial charge in [0.2, 0.25) is 0 Å². The first kappa shape index (κ1) is 18.2. The molecule has 0 saturated carbocycles. The van der Waals surface area contributed by atoms with E-state index in [-0.39, 0.29) is 11.8 Å². The van der Waals surface area contributed by atoms with E-state index < -0.39 is 0 Å². The third-order valence-electron chi connectivity index (χ3n) is 4.73. The molecule has 4 aromatic rings. The Balaban J connectivity index is 1.61. The van der Waals surface area contributed by atoms with Crippen LogP contribution in [0.15, 0.2) is 91.3 Å². The number of carbonyl (C=O) groups excluding carboxylic acids is 1. The number of nitrogens with one attached hydrogen (secondary N) is 1. The van der Waals surface area contributed by atoms with Gasteiger partial charge in [-0.05, 0) is 58.8 Å². The summed E-state index contributed by atoms with van der Waals surface area (Å²) in [5, 5.41) is 6.47. The van der Waals surface area contributed by atoms with Crippen LogP contribution in [0.25, 0.3) is 10.8 Å². The molecule has 4 rings (SSSR count). The number of carbonyl (C=O) groups is 1. The molecule has 3 aromatic carbocycles. The molecule has 0 aliphatic heterocycles. The van der Waals surface area contributed by atoms with Gasteiger partial charge in [-0.3, -0.25) is 9.78 Å². The minimum atomic E-state index is -0.182. The van der Waals surface area contributed by atoms with Gasteiger partial charge in [0.15, 0.2) is 5.78 Å². The van der Waals surface area contributed by atoms with Crippen LogP contribution in [0, 0.1) is 0 Å². The average molecular weight is 387 g/mol. The summed E-state index contributed by atoms with van der Waals surface area (Å²) >= 11 is 5.94. The maximum Gasteiger partial charge on any atom is 0.165 e. The van der Waals surface area contributed by atoms with Crippen molar-refractivity contribution in [2.45, 2.75) is 12.5 Å². The van der Waals surface area contributed by atoms with Crippen molar-refractivity contribution in [3.63, 3.8) is 0 Å². The Morgan fingerprint density at radius 1 is 0.929 bits per heavy atom. The first-order chi connectivity index (χ1) is 13.7. The average Bonchev–Trinajstić information content (AvgIpc) is 2.74. The molecule has 3 nitrogen and oxygen atoms in total. The van der Waals surface area contributed by atoms with E-state index in [1.165, 1.54) is 5.39 Å². The molecule has 0 aliphatic carbocycles. The summed E-state index contributed by atoms with van der Waals surface area (Å²) in [5.74, 6) is 0.0545. The molecule has 1 unspecified atom stereocenters. The number of ketones is 1. The second-order valence-electron chi connectivity index (χ2n) is 6.68. The maximum atomic E-state index is 12.8. The molecule has 1 atom stereocenters. The molecule has 0 radical (unpaired) electrons. The van der Waals surface area contributed by atoms with Crippen LogP contribution in [0.3, 0.4) is 0 Å². The second kappa shape index (κ2) is 8.24. The summed E-state index contributed by atoms with van der Waals surface area (Å²) in [6.07, 6.45) is 3.85. The number of halogens is 1. The standard InChI is InChI=1S/C24H19ClN2O/c25-21-10-7-18(8-11-21)24(28)15-23(20-6-3-13-26-16-20)27-22-12-9-17-4-1-2-5-19(17)14-22/h1-14,16,23,27H,15H2. The fourth-order valence-electron chi connectivity index (χ4n) is 3.25. The summed E-state index contributed by atoms with van der Waals surface area (Å²) in [6.45, 7) is 0. The summed E-state index contributed by atoms with van der Waals surface area (Å²) < 4.78 is 0. The molecular weight excluding hydrogens is 368 g/mol. The van der Waals surface area contributed by atoms with Gasteiger partial charge < -0.3 is 5.32 Å². The van der Waals surface area contributed by atoms with Gasteiger partial charge in [0.25, 0.3) is 0 Å². The fourth-order valence-corrected chi connectivity index (χ4v) is 3.38. The molecule has 0 fully saturated rings. The minimum Gasteiger partial charge on any atom is -0.378 e. The number of hydrogen-bond acceptors (Lipinski definition) is 3. The zero-order valence-electron chi connectivity index (χ0n) is 15.2. The summed E-state index contributed by atoms with van der Waals surface area (Å²) in [7, 11) is 0. The molecule has 1 N–H and O–H groups in total. The van der Waals surface area contributed by atoms with Gasteiger partial charge in [-0.1, -0.05) is 48.0 Å². The molecule has 0 spiro atoms. The van der Waals surface area contributed by atoms with Crippen LogP contribution in [0.1, 0.15) is 28.4 Å². The predicted octanol–water partition coefficient (Wildman–Crippen LogP) is 6.31. The first-order valence-electron chi connectivity index (χ1n) is 9.13. The van der Waals surface area contributed by atoms with Crippen molar-refractivity contribution in [3.05, 3.63) is 107 Å². The Hall–Kier alpha value is -3.17. The normalized spacial score (nSPS) is 11.9. The number of anilines is 1. The lowest BCUT2D eigenvalue weighted by Gasteiger charge is -2.20. The van der Waals surface area contributed by atoms with Gasteiger partial charge in [0.1, 0.15) is 0 Å².